The Kier molecular flexibility index (Phi) is 12.6. The molecule has 0 saturated carbocycles. The number of amides is 1. The maximum absolute atomic E-state index is 13.2. The number of carbonyl (C=O) groups excluding carboxylic acids is 1. The van der Waals surface area contributed by atoms with Crippen LogP contribution in [-0.2, 0) is 18.4 Å². The molecule has 1 aromatic carbocycles. The van der Waals surface area contributed by atoms with Gasteiger partial charge in [0.05, 0.1) is 12.1 Å². The lowest BCUT2D eigenvalue weighted by Crippen LogP contribution is -2.38. The first-order chi connectivity index (χ1) is 17.3. The monoisotopic (exact) mass is 531 g/mol. The standard InChI is InChI=1S/C18H26N2O2.C9H9FNO3P/c1-7-13(3)15(5)11-16(14(4)8-2)12-20-17(21)9-10-19(6)18(20)22;10-5-2-1-3-6(15)8(5)9(14)11-4-7(12)13/h7,9-11H,8,12H2,1-6H3;1-3H,4,15H2,(H,11,14)(H,12,13)/b13-7-,15-11-,16-14-;. The van der Waals surface area contributed by atoms with Crippen molar-refractivity contribution in [2.45, 2.75) is 47.6 Å². The van der Waals surface area contributed by atoms with Crippen LogP contribution in [0.4, 0.5) is 4.39 Å². The number of aromatic nitrogens is 2. The number of carboxylic acids is 1. The summed E-state index contributed by atoms with van der Waals surface area (Å²) in [6.45, 7) is 10.00. The van der Waals surface area contributed by atoms with E-state index in [0.717, 1.165) is 23.6 Å². The molecule has 1 atom stereocenters. The number of hydrogen-bond acceptors (Lipinski definition) is 4. The molecule has 1 amide bonds. The third-order valence-corrected chi connectivity index (χ3v) is 6.25. The SMILES string of the molecule is C\C=C(C)/C(C)=C\C(Cn1c(=O)ccn(C)c1=O)=C(/C)CC.O=C(O)CNC(=O)c1c(F)cccc1P. The number of nitrogens with one attached hydrogen (secondary N) is 1. The van der Waals surface area contributed by atoms with E-state index in [0.29, 0.717) is 11.8 Å². The van der Waals surface area contributed by atoms with Crippen LogP contribution in [0.25, 0.3) is 0 Å². The van der Waals surface area contributed by atoms with Crippen LogP contribution in [-0.4, -0.2) is 32.7 Å². The van der Waals surface area contributed by atoms with Crippen molar-refractivity contribution in [1.29, 1.82) is 0 Å². The maximum atomic E-state index is 13.2. The normalized spacial score (nSPS) is 12.3. The summed E-state index contributed by atoms with van der Waals surface area (Å²) in [7, 11) is 3.87. The van der Waals surface area contributed by atoms with Gasteiger partial charge >= 0.3 is 11.7 Å². The van der Waals surface area contributed by atoms with Crippen molar-refractivity contribution in [3.63, 3.8) is 0 Å². The lowest BCUT2D eigenvalue weighted by atomic mass is 10.0. The van der Waals surface area contributed by atoms with Crippen LogP contribution in [0, 0.1) is 5.82 Å². The number of allylic oxidation sites excluding steroid dienone is 6. The minimum atomic E-state index is -1.18. The van der Waals surface area contributed by atoms with Crippen molar-refractivity contribution in [2.75, 3.05) is 6.54 Å². The molecule has 10 heteroatoms. The van der Waals surface area contributed by atoms with Gasteiger partial charge in [0.1, 0.15) is 12.4 Å². The molecule has 0 spiro atoms. The number of rotatable bonds is 8. The Morgan fingerprint density at radius 1 is 1.14 bits per heavy atom. The summed E-state index contributed by atoms with van der Waals surface area (Å²) in [4.78, 5) is 45.7. The highest BCUT2D eigenvalue weighted by Crippen LogP contribution is 2.17. The number of benzene rings is 1. The zero-order chi connectivity index (χ0) is 28.3. The molecule has 0 saturated heterocycles. The zero-order valence-electron chi connectivity index (χ0n) is 22.1. The molecule has 200 valence electrons. The van der Waals surface area contributed by atoms with E-state index in [1.54, 1.807) is 13.1 Å². The van der Waals surface area contributed by atoms with Gasteiger partial charge in [0.15, 0.2) is 0 Å². The van der Waals surface area contributed by atoms with Crippen LogP contribution in [0.5, 0.6) is 0 Å². The second kappa shape index (κ2) is 14.9. The second-order valence-corrected chi connectivity index (χ2v) is 8.99. The predicted octanol–water partition coefficient (Wildman–Crippen LogP) is 3.33. The molecule has 1 unspecified atom stereocenters. The molecule has 2 aromatic rings. The summed E-state index contributed by atoms with van der Waals surface area (Å²) in [5.74, 6) is -2.59. The first-order valence-electron chi connectivity index (χ1n) is 11.6. The van der Waals surface area contributed by atoms with E-state index in [1.807, 2.05) is 20.8 Å². The molecule has 1 heterocycles. The van der Waals surface area contributed by atoms with Gasteiger partial charge in [-0.1, -0.05) is 42.4 Å². The summed E-state index contributed by atoms with van der Waals surface area (Å²) in [6, 6.07) is 5.58. The first kappa shape index (κ1) is 31.4. The van der Waals surface area contributed by atoms with Crippen LogP contribution in [0.3, 0.4) is 0 Å². The molecule has 2 rings (SSSR count). The van der Waals surface area contributed by atoms with Crippen molar-refractivity contribution >= 4 is 26.4 Å². The predicted molar refractivity (Wildman–Crippen MR) is 148 cm³/mol. The van der Waals surface area contributed by atoms with Crippen LogP contribution in [0.1, 0.15) is 51.4 Å². The fraction of sp³-hybridized carbons (Fsp3) is 0.333. The van der Waals surface area contributed by atoms with Crippen LogP contribution in [0.15, 0.2) is 74.5 Å². The summed E-state index contributed by atoms with van der Waals surface area (Å²) in [5, 5.41) is 10.8. The Morgan fingerprint density at radius 3 is 2.32 bits per heavy atom. The van der Waals surface area contributed by atoms with Crippen molar-refractivity contribution < 1.29 is 19.1 Å². The van der Waals surface area contributed by atoms with Crippen LogP contribution >= 0.6 is 9.24 Å². The Balaban J connectivity index is 0.000000397. The molecule has 0 aliphatic heterocycles. The fourth-order valence-corrected chi connectivity index (χ4v) is 3.47. The highest BCUT2D eigenvalue weighted by molar-refractivity contribution is 7.27. The van der Waals surface area contributed by atoms with Gasteiger partial charge in [0.25, 0.3) is 11.5 Å². The van der Waals surface area contributed by atoms with Crippen LogP contribution in [0.2, 0.25) is 0 Å². The van der Waals surface area contributed by atoms with E-state index in [1.165, 1.54) is 38.6 Å². The van der Waals surface area contributed by atoms with Gasteiger partial charge in [0, 0.05) is 19.3 Å². The summed E-state index contributed by atoms with van der Waals surface area (Å²) < 4.78 is 15.9. The number of carbonyl (C=O) groups is 2. The Labute approximate surface area is 218 Å². The fourth-order valence-electron chi connectivity index (χ4n) is 3.09. The van der Waals surface area contributed by atoms with Gasteiger partial charge in [-0.2, -0.15) is 0 Å². The number of halogens is 1. The summed E-state index contributed by atoms with van der Waals surface area (Å²) in [5.41, 5.74) is 3.83. The van der Waals surface area contributed by atoms with Crippen LogP contribution < -0.4 is 21.9 Å². The molecule has 0 aliphatic rings. The molecular weight excluding hydrogens is 496 g/mol. The topological polar surface area (TPSA) is 110 Å². The zero-order valence-corrected chi connectivity index (χ0v) is 23.2. The molecule has 0 fully saturated rings. The molecule has 1 aromatic heterocycles. The molecule has 37 heavy (non-hydrogen) atoms. The van der Waals surface area contributed by atoms with E-state index >= 15 is 0 Å². The molecule has 8 nitrogen and oxygen atoms in total. The average Bonchev–Trinajstić information content (AvgIpc) is 2.86. The van der Waals surface area contributed by atoms with E-state index in [2.05, 4.69) is 40.6 Å². The quantitative estimate of drug-likeness (QED) is 0.401. The van der Waals surface area contributed by atoms with Gasteiger partial charge < -0.3 is 15.0 Å². The number of aliphatic carboxylic acids is 1. The van der Waals surface area contributed by atoms with Gasteiger partial charge in [-0.3, -0.25) is 19.0 Å². The van der Waals surface area contributed by atoms with Crippen molar-refractivity contribution in [1.82, 2.24) is 14.5 Å². The summed E-state index contributed by atoms with van der Waals surface area (Å²) >= 11 is 0. The highest BCUT2D eigenvalue weighted by Gasteiger charge is 2.14. The molecule has 0 bridgehead atoms. The number of aryl methyl sites for hydroxylation is 1. The third kappa shape index (κ3) is 9.42. The number of hydrogen-bond donors (Lipinski definition) is 2. The van der Waals surface area contributed by atoms with E-state index in [4.69, 9.17) is 5.11 Å². The Morgan fingerprint density at radius 2 is 1.78 bits per heavy atom. The van der Waals surface area contributed by atoms with Crippen molar-refractivity contribution in [3.05, 3.63) is 97.1 Å². The van der Waals surface area contributed by atoms with E-state index in [9.17, 15) is 23.6 Å². The lowest BCUT2D eigenvalue weighted by Gasteiger charge is -2.12. The van der Waals surface area contributed by atoms with E-state index in [-0.39, 0.29) is 16.8 Å². The third-order valence-electron chi connectivity index (χ3n) is 5.77. The minimum Gasteiger partial charge on any atom is -0.480 e. The average molecular weight is 532 g/mol. The Bertz CT molecular complexity index is 1330. The Hall–Kier alpha value is -3.58. The second-order valence-electron chi connectivity index (χ2n) is 8.37. The molecule has 2 N–H and O–H groups in total. The van der Waals surface area contributed by atoms with Gasteiger partial charge in [-0.15, -0.1) is 9.24 Å². The smallest absolute Gasteiger partial charge is 0.331 e. The van der Waals surface area contributed by atoms with Crippen molar-refractivity contribution in [3.8, 4) is 0 Å². The van der Waals surface area contributed by atoms with Crippen molar-refractivity contribution in [2.24, 2.45) is 7.05 Å². The maximum Gasteiger partial charge on any atom is 0.331 e. The van der Waals surface area contributed by atoms with Gasteiger partial charge in [-0.05, 0) is 56.6 Å². The lowest BCUT2D eigenvalue weighted by molar-refractivity contribution is -0.135. The summed E-state index contributed by atoms with van der Waals surface area (Å²) in [6.07, 6.45) is 6.52. The number of nitrogens with zero attached hydrogens (tertiary/aromatic N) is 2. The van der Waals surface area contributed by atoms with Gasteiger partial charge in [0.2, 0.25) is 0 Å². The minimum absolute atomic E-state index is 0.149. The van der Waals surface area contributed by atoms with Gasteiger partial charge in [-0.25, -0.2) is 9.18 Å². The molecular formula is C27H35FN3O5P. The van der Waals surface area contributed by atoms with E-state index < -0.39 is 24.2 Å². The largest absolute Gasteiger partial charge is 0.480 e. The number of carboxylic acid groups (broad SMARTS) is 1. The highest BCUT2D eigenvalue weighted by atomic mass is 31.0. The molecule has 0 radical (unpaired) electrons. The first-order valence-corrected chi connectivity index (χ1v) is 12.2. The molecule has 0 aliphatic carbocycles.